The molecule has 1 aromatic carbocycles. The van der Waals surface area contributed by atoms with Gasteiger partial charge >= 0.3 is 0 Å². The van der Waals surface area contributed by atoms with Crippen molar-refractivity contribution < 1.29 is 4.79 Å². The zero-order chi connectivity index (χ0) is 16.7. The van der Waals surface area contributed by atoms with Gasteiger partial charge in [-0.05, 0) is 57.0 Å². The van der Waals surface area contributed by atoms with E-state index in [0.29, 0.717) is 0 Å². The number of amides is 1. The van der Waals surface area contributed by atoms with Gasteiger partial charge in [-0.3, -0.25) is 4.79 Å². The summed E-state index contributed by atoms with van der Waals surface area (Å²) in [6.45, 7) is 10.7. The normalized spacial score (nSPS) is 19.0. The van der Waals surface area contributed by atoms with E-state index >= 15 is 0 Å². The Labute approximate surface area is 139 Å². The van der Waals surface area contributed by atoms with Gasteiger partial charge in [0.25, 0.3) is 0 Å². The molecule has 1 aromatic rings. The number of anilines is 1. The molecule has 4 N–H and O–H groups in total. The molecular formula is C18H30N4O. The highest BCUT2D eigenvalue weighted by Gasteiger charge is 2.17. The topological polar surface area (TPSA) is 70.4 Å². The van der Waals surface area contributed by atoms with Gasteiger partial charge < -0.3 is 21.3 Å². The van der Waals surface area contributed by atoms with Gasteiger partial charge in [0.05, 0.1) is 0 Å². The smallest absolute Gasteiger partial charge is 0.220 e. The van der Waals surface area contributed by atoms with E-state index in [1.807, 2.05) is 0 Å². The summed E-state index contributed by atoms with van der Waals surface area (Å²) in [5.41, 5.74) is 9.32. The Bertz CT molecular complexity index is 506. The monoisotopic (exact) mass is 318 g/mol. The van der Waals surface area contributed by atoms with Gasteiger partial charge in [0, 0.05) is 37.8 Å². The number of hydrogen-bond acceptors (Lipinski definition) is 4. The Morgan fingerprint density at radius 2 is 1.70 bits per heavy atom. The number of primary amides is 1. The molecule has 0 bridgehead atoms. The number of carbonyl (C=O) groups excluding carboxylic acids is 1. The van der Waals surface area contributed by atoms with Crippen molar-refractivity contribution >= 4 is 11.6 Å². The second-order valence-corrected chi connectivity index (χ2v) is 6.38. The first-order valence-corrected chi connectivity index (χ1v) is 8.61. The lowest BCUT2D eigenvalue weighted by Crippen LogP contribution is -2.43. The zero-order valence-corrected chi connectivity index (χ0v) is 14.4. The highest BCUT2D eigenvalue weighted by atomic mass is 16.1. The van der Waals surface area contributed by atoms with Crippen LogP contribution < -0.4 is 21.3 Å². The number of nitrogens with two attached hydrogens (primary N) is 1. The Kier molecular flexibility index (Phi) is 6.86. The van der Waals surface area contributed by atoms with E-state index in [1.165, 1.54) is 16.8 Å². The molecule has 5 nitrogen and oxygen atoms in total. The van der Waals surface area contributed by atoms with Gasteiger partial charge in [0.1, 0.15) is 0 Å². The van der Waals surface area contributed by atoms with Crippen molar-refractivity contribution in [2.75, 3.05) is 44.2 Å². The highest BCUT2D eigenvalue weighted by Crippen LogP contribution is 2.22. The van der Waals surface area contributed by atoms with Gasteiger partial charge in [-0.25, -0.2) is 0 Å². The van der Waals surface area contributed by atoms with Crippen molar-refractivity contribution in [3.8, 4) is 0 Å². The summed E-state index contributed by atoms with van der Waals surface area (Å²) in [6.07, 6.45) is 1.82. The maximum absolute atomic E-state index is 10.5. The van der Waals surface area contributed by atoms with Crippen LogP contribution in [0.4, 0.5) is 5.69 Å². The van der Waals surface area contributed by atoms with E-state index in [-0.39, 0.29) is 11.8 Å². The molecule has 2 aliphatic rings. The molecule has 1 amide bonds. The molecule has 2 fully saturated rings. The van der Waals surface area contributed by atoms with Gasteiger partial charge in [0.2, 0.25) is 5.91 Å². The van der Waals surface area contributed by atoms with E-state index < -0.39 is 0 Å². The van der Waals surface area contributed by atoms with Crippen LogP contribution in [0.5, 0.6) is 0 Å². The lowest BCUT2D eigenvalue weighted by molar-refractivity contribution is -0.122. The lowest BCUT2D eigenvalue weighted by Gasteiger charge is -2.31. The summed E-state index contributed by atoms with van der Waals surface area (Å²) in [4.78, 5) is 13.0. The fourth-order valence-electron chi connectivity index (χ4n) is 3.09. The van der Waals surface area contributed by atoms with Crippen molar-refractivity contribution in [3.63, 3.8) is 0 Å². The number of nitrogens with one attached hydrogen (secondary N) is 2. The summed E-state index contributed by atoms with van der Waals surface area (Å²) >= 11 is 0. The van der Waals surface area contributed by atoms with Crippen molar-refractivity contribution in [1.82, 2.24) is 10.6 Å². The molecule has 0 radical (unpaired) electrons. The summed E-state index contributed by atoms with van der Waals surface area (Å²) in [5, 5.41) is 6.54. The van der Waals surface area contributed by atoms with Gasteiger partial charge in [-0.1, -0.05) is 12.1 Å². The Hall–Kier alpha value is -1.59. The molecular weight excluding hydrogens is 288 g/mol. The first kappa shape index (κ1) is 17.8. The molecule has 23 heavy (non-hydrogen) atoms. The van der Waals surface area contributed by atoms with E-state index in [0.717, 1.165) is 52.1 Å². The van der Waals surface area contributed by atoms with Crippen LogP contribution in [-0.2, 0) is 4.79 Å². The Balaban J connectivity index is 0.000000185. The highest BCUT2D eigenvalue weighted by molar-refractivity contribution is 5.76. The van der Waals surface area contributed by atoms with E-state index in [4.69, 9.17) is 5.73 Å². The van der Waals surface area contributed by atoms with Crippen LogP contribution in [0.25, 0.3) is 0 Å². The van der Waals surface area contributed by atoms with Crippen LogP contribution in [0.1, 0.15) is 24.0 Å². The maximum Gasteiger partial charge on any atom is 0.220 e. The molecule has 0 aliphatic carbocycles. The average molecular weight is 318 g/mol. The Morgan fingerprint density at radius 1 is 1.09 bits per heavy atom. The summed E-state index contributed by atoms with van der Waals surface area (Å²) in [6, 6.07) is 6.56. The number of carbonyl (C=O) groups is 1. The van der Waals surface area contributed by atoms with Gasteiger partial charge in [-0.2, -0.15) is 0 Å². The molecule has 0 saturated carbocycles. The van der Waals surface area contributed by atoms with Crippen LogP contribution in [0.15, 0.2) is 18.2 Å². The molecule has 0 atom stereocenters. The lowest BCUT2D eigenvalue weighted by atomic mass is 9.98. The minimum absolute atomic E-state index is 0.131. The van der Waals surface area contributed by atoms with Crippen molar-refractivity contribution in [2.45, 2.75) is 26.7 Å². The molecule has 5 heteroatoms. The van der Waals surface area contributed by atoms with Crippen LogP contribution in [0.2, 0.25) is 0 Å². The zero-order valence-electron chi connectivity index (χ0n) is 14.4. The van der Waals surface area contributed by atoms with Crippen LogP contribution in [0, 0.1) is 19.8 Å². The van der Waals surface area contributed by atoms with E-state index in [9.17, 15) is 4.79 Å². The number of piperidine rings is 1. The molecule has 0 unspecified atom stereocenters. The summed E-state index contributed by atoms with van der Waals surface area (Å²) in [5.74, 6) is -0.0113. The third-order valence-corrected chi connectivity index (χ3v) is 4.78. The fourth-order valence-corrected chi connectivity index (χ4v) is 3.09. The first-order chi connectivity index (χ1) is 11.1. The largest absolute Gasteiger partial charge is 0.369 e. The summed E-state index contributed by atoms with van der Waals surface area (Å²) < 4.78 is 0. The molecule has 0 aromatic heterocycles. The summed E-state index contributed by atoms with van der Waals surface area (Å²) in [7, 11) is 0. The number of rotatable bonds is 2. The molecule has 2 saturated heterocycles. The second kappa shape index (κ2) is 8.89. The standard InChI is InChI=1S/C12H18N2.C6H12N2O/c1-10-4-3-5-12(11(10)2)14-8-6-13-7-9-14;7-6(9)5-1-3-8-4-2-5/h3-5,13H,6-9H2,1-2H3;5,8H,1-4H2,(H2,7,9). The fraction of sp³-hybridized carbons (Fsp3) is 0.611. The number of hydrogen-bond donors (Lipinski definition) is 3. The first-order valence-electron chi connectivity index (χ1n) is 8.61. The van der Waals surface area contributed by atoms with E-state index in [1.54, 1.807) is 0 Å². The number of aryl methyl sites for hydroxylation is 1. The van der Waals surface area contributed by atoms with E-state index in [2.05, 4.69) is 47.6 Å². The molecule has 0 spiro atoms. The maximum atomic E-state index is 10.5. The molecule has 2 heterocycles. The van der Waals surface area contributed by atoms with Gasteiger partial charge in [-0.15, -0.1) is 0 Å². The van der Waals surface area contributed by atoms with Gasteiger partial charge in [0.15, 0.2) is 0 Å². The number of piperazine rings is 1. The number of nitrogens with zero attached hydrogens (tertiary/aromatic N) is 1. The number of benzene rings is 1. The molecule has 128 valence electrons. The van der Waals surface area contributed by atoms with Crippen molar-refractivity contribution in [1.29, 1.82) is 0 Å². The molecule has 2 aliphatic heterocycles. The minimum Gasteiger partial charge on any atom is -0.369 e. The molecule has 3 rings (SSSR count). The quantitative estimate of drug-likeness (QED) is 0.766. The van der Waals surface area contributed by atoms with Crippen molar-refractivity contribution in [3.05, 3.63) is 29.3 Å². The third kappa shape index (κ3) is 5.22. The minimum atomic E-state index is -0.142. The third-order valence-electron chi connectivity index (χ3n) is 4.78. The predicted octanol–water partition coefficient (Wildman–Crippen LogP) is 1.18. The Morgan fingerprint density at radius 3 is 2.26 bits per heavy atom. The van der Waals surface area contributed by atoms with Crippen LogP contribution in [-0.4, -0.2) is 45.2 Å². The second-order valence-electron chi connectivity index (χ2n) is 6.38. The average Bonchev–Trinajstić information content (AvgIpc) is 2.59. The van der Waals surface area contributed by atoms with Crippen LogP contribution in [0.3, 0.4) is 0 Å². The van der Waals surface area contributed by atoms with Crippen molar-refractivity contribution in [2.24, 2.45) is 11.7 Å². The SMILES string of the molecule is Cc1cccc(N2CCNCC2)c1C.NC(=O)C1CCNCC1. The van der Waals surface area contributed by atoms with Crippen LogP contribution >= 0.6 is 0 Å². The predicted molar refractivity (Wildman–Crippen MR) is 95.8 cm³/mol.